The van der Waals surface area contributed by atoms with Gasteiger partial charge in [-0.05, 0) is 22.2 Å². The minimum Gasteiger partial charge on any atom is -0.412 e. The Morgan fingerprint density at radius 2 is 1.24 bits per heavy atom. The van der Waals surface area contributed by atoms with Crippen LogP contribution in [0.1, 0.15) is 66.4 Å². The highest BCUT2D eigenvalue weighted by Gasteiger charge is 2.48. The summed E-state index contributed by atoms with van der Waals surface area (Å²) in [6, 6.07) is 10.7. The second kappa shape index (κ2) is 8.75. The second-order valence-electron chi connectivity index (χ2n) is 6.56. The van der Waals surface area contributed by atoms with E-state index >= 15 is 0 Å². The molecule has 0 radical (unpaired) electrons. The van der Waals surface area contributed by atoms with Gasteiger partial charge in [0.05, 0.1) is 6.61 Å². The van der Waals surface area contributed by atoms with Crippen molar-refractivity contribution in [1.29, 1.82) is 0 Å². The first-order valence-corrected chi connectivity index (χ1v) is 10.8. The summed E-state index contributed by atoms with van der Waals surface area (Å²) in [5, 5.41) is 0. The molecule has 1 nitrogen and oxygen atoms in total. The van der Waals surface area contributed by atoms with Crippen LogP contribution in [0.15, 0.2) is 30.3 Å². The Labute approximate surface area is 133 Å². The van der Waals surface area contributed by atoms with Gasteiger partial charge in [0.2, 0.25) is 8.32 Å². The van der Waals surface area contributed by atoms with Crippen molar-refractivity contribution in [3.05, 3.63) is 35.9 Å². The number of benzene rings is 1. The van der Waals surface area contributed by atoms with Gasteiger partial charge in [0.25, 0.3) is 0 Å². The standard InChI is InChI=1S/C19H34OSi/c1-7-16(4)21(17(5)8-2,18(6)9-3)20-15-19-13-11-10-12-14-19/h10-14,16-18H,7-9,15H2,1-6H3. The molecule has 120 valence electrons. The molecule has 0 spiro atoms. The zero-order valence-electron chi connectivity index (χ0n) is 14.9. The van der Waals surface area contributed by atoms with Crippen molar-refractivity contribution >= 4 is 8.32 Å². The maximum absolute atomic E-state index is 6.81. The molecule has 1 rings (SSSR count). The topological polar surface area (TPSA) is 9.23 Å². The largest absolute Gasteiger partial charge is 0.412 e. The first-order valence-electron chi connectivity index (χ1n) is 8.70. The van der Waals surface area contributed by atoms with Gasteiger partial charge < -0.3 is 4.43 Å². The lowest BCUT2D eigenvalue weighted by Crippen LogP contribution is -2.49. The van der Waals surface area contributed by atoms with Crippen LogP contribution in [-0.4, -0.2) is 8.32 Å². The van der Waals surface area contributed by atoms with Crippen molar-refractivity contribution in [2.75, 3.05) is 0 Å². The van der Waals surface area contributed by atoms with E-state index in [1.54, 1.807) is 0 Å². The monoisotopic (exact) mass is 306 g/mol. The molecule has 0 bridgehead atoms. The van der Waals surface area contributed by atoms with E-state index in [9.17, 15) is 0 Å². The molecule has 0 aromatic heterocycles. The van der Waals surface area contributed by atoms with Gasteiger partial charge in [0, 0.05) is 0 Å². The first kappa shape index (κ1) is 18.4. The van der Waals surface area contributed by atoms with E-state index in [-0.39, 0.29) is 0 Å². The van der Waals surface area contributed by atoms with Gasteiger partial charge in [-0.25, -0.2) is 0 Å². The molecule has 0 aliphatic rings. The van der Waals surface area contributed by atoms with E-state index in [0.29, 0.717) is 16.6 Å². The average Bonchev–Trinajstić information content (AvgIpc) is 2.54. The van der Waals surface area contributed by atoms with E-state index in [4.69, 9.17) is 4.43 Å². The molecule has 21 heavy (non-hydrogen) atoms. The minimum atomic E-state index is -1.79. The molecule has 0 N–H and O–H groups in total. The Morgan fingerprint density at radius 1 is 0.810 bits per heavy atom. The number of hydrogen-bond donors (Lipinski definition) is 0. The second-order valence-corrected chi connectivity index (χ2v) is 11.5. The van der Waals surface area contributed by atoms with Crippen LogP contribution in [0.2, 0.25) is 16.6 Å². The molecule has 0 aliphatic carbocycles. The zero-order valence-corrected chi connectivity index (χ0v) is 15.9. The summed E-state index contributed by atoms with van der Waals surface area (Å²) in [7, 11) is -1.79. The van der Waals surface area contributed by atoms with E-state index < -0.39 is 8.32 Å². The summed E-state index contributed by atoms with van der Waals surface area (Å²) in [5.41, 5.74) is 3.45. The number of rotatable bonds is 9. The maximum atomic E-state index is 6.81. The number of hydrogen-bond acceptors (Lipinski definition) is 1. The summed E-state index contributed by atoms with van der Waals surface area (Å²) >= 11 is 0. The molecule has 0 amide bonds. The van der Waals surface area contributed by atoms with E-state index in [2.05, 4.69) is 71.9 Å². The molecule has 2 heteroatoms. The molecule has 1 aromatic rings. The molecule has 3 unspecified atom stereocenters. The molecule has 0 saturated carbocycles. The fraction of sp³-hybridized carbons (Fsp3) is 0.684. The van der Waals surface area contributed by atoms with Crippen molar-refractivity contribution in [1.82, 2.24) is 0 Å². The van der Waals surface area contributed by atoms with Crippen LogP contribution < -0.4 is 0 Å². The summed E-state index contributed by atoms with van der Waals surface area (Å²) < 4.78 is 6.81. The summed E-state index contributed by atoms with van der Waals surface area (Å²) in [4.78, 5) is 0. The Morgan fingerprint density at radius 3 is 1.62 bits per heavy atom. The predicted octanol–water partition coefficient (Wildman–Crippen LogP) is 6.55. The fourth-order valence-corrected chi connectivity index (χ4v) is 9.72. The van der Waals surface area contributed by atoms with Gasteiger partial charge in [-0.1, -0.05) is 91.1 Å². The van der Waals surface area contributed by atoms with E-state index in [0.717, 1.165) is 6.61 Å². The predicted molar refractivity (Wildman–Crippen MR) is 96.1 cm³/mol. The van der Waals surface area contributed by atoms with Gasteiger partial charge in [-0.15, -0.1) is 0 Å². The summed E-state index contributed by atoms with van der Waals surface area (Å²) in [6.45, 7) is 15.0. The lowest BCUT2D eigenvalue weighted by molar-refractivity contribution is 0.258. The van der Waals surface area contributed by atoms with Crippen molar-refractivity contribution in [3.8, 4) is 0 Å². The Kier molecular flexibility index (Phi) is 7.68. The van der Waals surface area contributed by atoms with Crippen molar-refractivity contribution in [3.63, 3.8) is 0 Å². The third-order valence-corrected chi connectivity index (χ3v) is 12.0. The molecule has 0 fully saturated rings. The third-order valence-electron chi connectivity index (χ3n) is 5.48. The molecule has 0 aliphatic heterocycles. The van der Waals surface area contributed by atoms with Gasteiger partial charge in [0.1, 0.15) is 0 Å². The first-order chi connectivity index (χ1) is 10.0. The van der Waals surface area contributed by atoms with Crippen LogP contribution in [-0.2, 0) is 11.0 Å². The van der Waals surface area contributed by atoms with Crippen LogP contribution in [0.3, 0.4) is 0 Å². The SMILES string of the molecule is CCC(C)[Si](OCc1ccccc1)(C(C)CC)C(C)CC. The molecule has 0 heterocycles. The summed E-state index contributed by atoms with van der Waals surface area (Å²) in [6.07, 6.45) is 3.70. The smallest absolute Gasteiger partial charge is 0.201 e. The minimum absolute atomic E-state index is 0.714. The highest BCUT2D eigenvalue weighted by atomic mass is 28.4. The van der Waals surface area contributed by atoms with Gasteiger partial charge in [-0.3, -0.25) is 0 Å². The van der Waals surface area contributed by atoms with Crippen LogP contribution in [0.5, 0.6) is 0 Å². The van der Waals surface area contributed by atoms with Crippen LogP contribution in [0.25, 0.3) is 0 Å². The molecular formula is C19H34OSi. The average molecular weight is 307 g/mol. The molecule has 1 aromatic carbocycles. The van der Waals surface area contributed by atoms with Gasteiger partial charge in [0.15, 0.2) is 0 Å². The highest BCUT2D eigenvalue weighted by molar-refractivity contribution is 6.77. The van der Waals surface area contributed by atoms with Gasteiger partial charge >= 0.3 is 0 Å². The molecule has 3 atom stereocenters. The Bertz CT molecular complexity index is 363. The third kappa shape index (κ3) is 4.20. The maximum Gasteiger partial charge on any atom is 0.201 e. The van der Waals surface area contributed by atoms with Crippen LogP contribution in [0.4, 0.5) is 0 Å². The van der Waals surface area contributed by atoms with Crippen molar-refractivity contribution in [2.45, 2.75) is 84.0 Å². The molecule has 0 saturated heterocycles. The van der Waals surface area contributed by atoms with Crippen molar-refractivity contribution in [2.24, 2.45) is 0 Å². The highest BCUT2D eigenvalue weighted by Crippen LogP contribution is 2.47. The van der Waals surface area contributed by atoms with E-state index in [1.807, 2.05) is 0 Å². The zero-order chi connectivity index (χ0) is 15.9. The molecular weight excluding hydrogens is 272 g/mol. The quantitative estimate of drug-likeness (QED) is 0.470. The Balaban J connectivity index is 3.03. The van der Waals surface area contributed by atoms with E-state index in [1.165, 1.54) is 24.8 Å². The lowest BCUT2D eigenvalue weighted by atomic mass is 10.2. The summed E-state index contributed by atoms with van der Waals surface area (Å²) in [5.74, 6) is 0. The fourth-order valence-electron chi connectivity index (χ4n) is 3.62. The van der Waals surface area contributed by atoms with Gasteiger partial charge in [-0.2, -0.15) is 0 Å². The van der Waals surface area contributed by atoms with Crippen LogP contribution in [0, 0.1) is 0 Å². The van der Waals surface area contributed by atoms with Crippen molar-refractivity contribution < 1.29 is 4.43 Å². The van der Waals surface area contributed by atoms with Crippen LogP contribution >= 0.6 is 0 Å². The Hall–Kier alpha value is -0.603. The normalized spacial score (nSPS) is 18.8. The lowest BCUT2D eigenvalue weighted by Gasteiger charge is -2.45.